The molecule has 1 amide bonds. The number of carbonyl (C=O) groups excluding carboxylic acids is 1. The van der Waals surface area contributed by atoms with Gasteiger partial charge in [-0.3, -0.25) is 14.2 Å². The van der Waals surface area contributed by atoms with Crippen LogP contribution in [0.2, 0.25) is 0 Å². The molecule has 5 rings (SSSR count). The Bertz CT molecular complexity index is 1590. The van der Waals surface area contributed by atoms with Crippen molar-refractivity contribution in [2.45, 2.75) is 27.3 Å². The first-order chi connectivity index (χ1) is 15.9. The van der Waals surface area contributed by atoms with Gasteiger partial charge >= 0.3 is 0 Å². The second kappa shape index (κ2) is 8.30. The molecule has 0 bridgehead atoms. The van der Waals surface area contributed by atoms with Gasteiger partial charge in [0.25, 0.3) is 11.5 Å². The predicted octanol–water partition coefficient (Wildman–Crippen LogP) is 5.84. The van der Waals surface area contributed by atoms with Crippen LogP contribution >= 0.6 is 11.3 Å². The van der Waals surface area contributed by atoms with Crippen molar-refractivity contribution in [1.82, 2.24) is 9.55 Å². The Balaban J connectivity index is 1.52. The summed E-state index contributed by atoms with van der Waals surface area (Å²) in [6.07, 6.45) is 1.58. The number of amides is 1. The maximum atomic E-state index is 13.4. The monoisotopic (exact) mass is 453 g/mol. The molecule has 0 unspecified atom stereocenters. The lowest BCUT2D eigenvalue weighted by Crippen LogP contribution is -2.21. The molecule has 0 spiro atoms. The molecule has 5 aromatic rings. The van der Waals surface area contributed by atoms with E-state index in [0.717, 1.165) is 33.2 Å². The summed E-state index contributed by atoms with van der Waals surface area (Å²) in [5, 5.41) is 5.74. The number of thiophene rings is 1. The summed E-state index contributed by atoms with van der Waals surface area (Å²) in [5.41, 5.74) is 4.49. The zero-order valence-corrected chi connectivity index (χ0v) is 19.5. The topological polar surface area (TPSA) is 64.0 Å². The molecule has 1 N–H and O–H groups in total. The second-order valence-electron chi connectivity index (χ2n) is 8.32. The van der Waals surface area contributed by atoms with Crippen molar-refractivity contribution in [1.29, 1.82) is 0 Å². The van der Waals surface area contributed by atoms with E-state index in [-0.39, 0.29) is 11.5 Å². The number of hydrogen-bond donors (Lipinski definition) is 1. The SMILES string of the molecule is Cc1ccc(NC(=O)c2sc3ncn(Cc4cccc5ccccc45)c(=O)c3c2C)c(C)c1. The minimum atomic E-state index is -0.220. The van der Waals surface area contributed by atoms with Gasteiger partial charge in [-0.05, 0) is 54.3 Å². The van der Waals surface area contributed by atoms with E-state index in [1.807, 2.05) is 63.2 Å². The molecule has 164 valence electrons. The van der Waals surface area contributed by atoms with Gasteiger partial charge in [-0.1, -0.05) is 60.2 Å². The number of fused-ring (bicyclic) bond motifs is 2. The quantitative estimate of drug-likeness (QED) is 0.372. The van der Waals surface area contributed by atoms with Crippen LogP contribution in [0.4, 0.5) is 5.69 Å². The number of anilines is 1. The van der Waals surface area contributed by atoms with Crippen molar-refractivity contribution in [3.05, 3.63) is 104 Å². The molecule has 6 heteroatoms. The molecule has 0 aliphatic carbocycles. The highest BCUT2D eigenvalue weighted by Gasteiger charge is 2.20. The lowest BCUT2D eigenvalue weighted by atomic mass is 10.0. The molecule has 0 saturated carbocycles. The Labute approximate surface area is 195 Å². The molecule has 3 aromatic carbocycles. The third-order valence-corrected chi connectivity index (χ3v) is 7.17. The second-order valence-corrected chi connectivity index (χ2v) is 9.32. The van der Waals surface area contributed by atoms with E-state index in [0.29, 0.717) is 27.2 Å². The van der Waals surface area contributed by atoms with Gasteiger partial charge in [-0.15, -0.1) is 11.3 Å². The van der Waals surface area contributed by atoms with Crippen molar-refractivity contribution in [2.24, 2.45) is 0 Å². The van der Waals surface area contributed by atoms with Gasteiger partial charge in [0.2, 0.25) is 0 Å². The van der Waals surface area contributed by atoms with Crippen LogP contribution in [-0.2, 0) is 6.54 Å². The summed E-state index contributed by atoms with van der Waals surface area (Å²) in [4.78, 5) is 32.0. The van der Waals surface area contributed by atoms with E-state index >= 15 is 0 Å². The largest absolute Gasteiger partial charge is 0.321 e. The molecule has 33 heavy (non-hydrogen) atoms. The fraction of sp³-hybridized carbons (Fsp3) is 0.148. The van der Waals surface area contributed by atoms with Gasteiger partial charge in [0, 0.05) is 5.69 Å². The molecule has 2 aromatic heterocycles. The van der Waals surface area contributed by atoms with Crippen LogP contribution in [0, 0.1) is 20.8 Å². The van der Waals surface area contributed by atoms with E-state index in [1.165, 1.54) is 11.3 Å². The third-order valence-electron chi connectivity index (χ3n) is 5.97. The molecule has 0 aliphatic rings. The van der Waals surface area contributed by atoms with Crippen LogP contribution in [0.25, 0.3) is 21.0 Å². The minimum absolute atomic E-state index is 0.132. The first-order valence-corrected chi connectivity index (χ1v) is 11.6. The summed E-state index contributed by atoms with van der Waals surface area (Å²) < 4.78 is 1.62. The van der Waals surface area contributed by atoms with Crippen molar-refractivity contribution in [2.75, 3.05) is 5.32 Å². The molecule has 0 atom stereocenters. The number of hydrogen-bond acceptors (Lipinski definition) is 4. The Hall–Kier alpha value is -3.77. The Morgan fingerprint density at radius 3 is 2.64 bits per heavy atom. The maximum Gasteiger partial charge on any atom is 0.266 e. The summed E-state index contributed by atoms with van der Waals surface area (Å²) >= 11 is 1.26. The van der Waals surface area contributed by atoms with Gasteiger partial charge in [0.15, 0.2) is 0 Å². The highest BCUT2D eigenvalue weighted by molar-refractivity contribution is 7.20. The number of aromatic nitrogens is 2. The van der Waals surface area contributed by atoms with Crippen LogP contribution in [-0.4, -0.2) is 15.5 Å². The summed E-state index contributed by atoms with van der Waals surface area (Å²) in [5.74, 6) is -0.220. The molecular weight excluding hydrogens is 430 g/mol. The lowest BCUT2D eigenvalue weighted by molar-refractivity contribution is 0.103. The molecular formula is C27H23N3O2S. The number of rotatable bonds is 4. The minimum Gasteiger partial charge on any atom is -0.321 e. The fourth-order valence-corrected chi connectivity index (χ4v) is 5.27. The third kappa shape index (κ3) is 3.83. The van der Waals surface area contributed by atoms with Crippen LogP contribution in [0.15, 0.2) is 71.8 Å². The zero-order valence-electron chi connectivity index (χ0n) is 18.7. The average Bonchev–Trinajstić information content (AvgIpc) is 3.15. The van der Waals surface area contributed by atoms with Crippen LogP contribution < -0.4 is 10.9 Å². The number of carbonyl (C=O) groups is 1. The number of nitrogens with one attached hydrogen (secondary N) is 1. The van der Waals surface area contributed by atoms with Crippen LogP contribution in [0.1, 0.15) is 31.9 Å². The molecule has 0 saturated heterocycles. The summed E-state index contributed by atoms with van der Waals surface area (Å²) in [6.45, 7) is 6.22. The number of aryl methyl sites for hydroxylation is 3. The molecule has 0 fully saturated rings. The van der Waals surface area contributed by atoms with Crippen molar-refractivity contribution in [3.63, 3.8) is 0 Å². The van der Waals surface area contributed by atoms with E-state index in [1.54, 1.807) is 10.9 Å². The van der Waals surface area contributed by atoms with Crippen LogP contribution in [0.3, 0.4) is 0 Å². The Morgan fingerprint density at radius 1 is 1.03 bits per heavy atom. The number of benzene rings is 3. The van der Waals surface area contributed by atoms with Crippen molar-refractivity contribution in [3.8, 4) is 0 Å². The van der Waals surface area contributed by atoms with E-state index < -0.39 is 0 Å². The number of nitrogens with zero attached hydrogens (tertiary/aromatic N) is 2. The normalized spacial score (nSPS) is 11.2. The standard InChI is InChI=1S/C27H23N3O2S/c1-16-11-12-22(17(2)13-16)29-25(31)24-18(3)23-26(33-24)28-15-30(27(23)32)14-20-9-6-8-19-7-4-5-10-21(19)20/h4-13,15H,14H2,1-3H3,(H,29,31). The lowest BCUT2D eigenvalue weighted by Gasteiger charge is -2.09. The molecule has 0 aliphatic heterocycles. The fourth-order valence-electron chi connectivity index (χ4n) is 4.24. The predicted molar refractivity (Wildman–Crippen MR) is 136 cm³/mol. The Morgan fingerprint density at radius 2 is 1.82 bits per heavy atom. The van der Waals surface area contributed by atoms with Gasteiger partial charge in [0.1, 0.15) is 4.83 Å². The van der Waals surface area contributed by atoms with E-state index in [2.05, 4.69) is 28.5 Å². The first kappa shape index (κ1) is 21.1. The van der Waals surface area contributed by atoms with Gasteiger partial charge in [-0.25, -0.2) is 4.98 Å². The highest BCUT2D eigenvalue weighted by atomic mass is 32.1. The Kier molecular flexibility index (Phi) is 5.30. The molecule has 5 nitrogen and oxygen atoms in total. The van der Waals surface area contributed by atoms with Crippen LogP contribution in [0.5, 0.6) is 0 Å². The maximum absolute atomic E-state index is 13.4. The van der Waals surface area contributed by atoms with Crippen molar-refractivity contribution >= 4 is 43.9 Å². The smallest absolute Gasteiger partial charge is 0.266 e. The highest BCUT2D eigenvalue weighted by Crippen LogP contribution is 2.28. The van der Waals surface area contributed by atoms with Gasteiger partial charge in [0.05, 0.1) is 23.1 Å². The van der Waals surface area contributed by atoms with Crippen molar-refractivity contribution < 1.29 is 4.79 Å². The summed E-state index contributed by atoms with van der Waals surface area (Å²) in [7, 11) is 0. The molecule has 0 radical (unpaired) electrons. The summed E-state index contributed by atoms with van der Waals surface area (Å²) in [6, 6.07) is 20.1. The van der Waals surface area contributed by atoms with Gasteiger partial charge < -0.3 is 5.32 Å². The zero-order chi connectivity index (χ0) is 23.1. The van der Waals surface area contributed by atoms with E-state index in [4.69, 9.17) is 0 Å². The first-order valence-electron chi connectivity index (χ1n) is 10.8. The average molecular weight is 454 g/mol. The molecule has 2 heterocycles. The van der Waals surface area contributed by atoms with E-state index in [9.17, 15) is 9.59 Å². The van der Waals surface area contributed by atoms with Gasteiger partial charge in [-0.2, -0.15) is 0 Å².